The Labute approximate surface area is 145 Å². The summed E-state index contributed by atoms with van der Waals surface area (Å²) in [5.41, 5.74) is -0.905. The van der Waals surface area contributed by atoms with Gasteiger partial charge in [-0.1, -0.05) is 50.1 Å². The summed E-state index contributed by atoms with van der Waals surface area (Å²) in [4.78, 5) is 0. The summed E-state index contributed by atoms with van der Waals surface area (Å²) in [7, 11) is 0. The van der Waals surface area contributed by atoms with Crippen LogP contribution in [0.15, 0.2) is 30.3 Å². The lowest BCUT2D eigenvalue weighted by molar-refractivity contribution is 0.295. The van der Waals surface area contributed by atoms with E-state index in [1.165, 1.54) is 12.1 Å². The van der Waals surface area contributed by atoms with Crippen molar-refractivity contribution in [2.45, 2.75) is 51.4 Å². The van der Waals surface area contributed by atoms with Crippen molar-refractivity contribution in [3.05, 3.63) is 59.2 Å². The van der Waals surface area contributed by atoms with E-state index in [0.717, 1.165) is 25.7 Å². The van der Waals surface area contributed by atoms with Crippen molar-refractivity contribution in [1.82, 2.24) is 0 Å². The summed E-state index contributed by atoms with van der Waals surface area (Å²) in [6.07, 6.45) is 5.01. The Morgan fingerprint density at radius 1 is 0.800 bits per heavy atom. The molecule has 1 saturated carbocycles. The van der Waals surface area contributed by atoms with E-state index in [1.807, 2.05) is 0 Å². The fraction of sp³-hybridized carbons (Fsp3) is 0.429. The number of halogens is 4. The third kappa shape index (κ3) is 3.44. The van der Waals surface area contributed by atoms with Crippen LogP contribution in [0.5, 0.6) is 0 Å². The number of hydrogen-bond acceptors (Lipinski definition) is 0. The minimum atomic E-state index is -1.30. The summed E-state index contributed by atoms with van der Waals surface area (Å²) < 4.78 is 58.4. The van der Waals surface area contributed by atoms with Gasteiger partial charge in [-0.15, -0.1) is 0 Å². The van der Waals surface area contributed by atoms with Crippen LogP contribution in [0.25, 0.3) is 11.1 Å². The van der Waals surface area contributed by atoms with Crippen LogP contribution < -0.4 is 0 Å². The zero-order chi connectivity index (χ0) is 18.0. The summed E-state index contributed by atoms with van der Waals surface area (Å²) in [5, 5.41) is 0. The second-order valence-electron chi connectivity index (χ2n) is 6.92. The molecule has 4 heteroatoms. The molecule has 0 amide bonds. The lowest BCUT2D eigenvalue weighted by atomic mass is 9.76. The molecule has 0 saturated heterocycles. The number of hydrogen-bond donors (Lipinski definition) is 0. The minimum absolute atomic E-state index is 0.133. The molecule has 0 heterocycles. The van der Waals surface area contributed by atoms with Crippen molar-refractivity contribution < 1.29 is 17.6 Å². The third-order valence-electron chi connectivity index (χ3n) is 5.31. The highest BCUT2D eigenvalue weighted by molar-refractivity contribution is 5.66. The maximum atomic E-state index is 14.6. The Hall–Kier alpha value is -1.84. The zero-order valence-corrected chi connectivity index (χ0v) is 14.3. The van der Waals surface area contributed by atoms with E-state index < -0.39 is 40.3 Å². The molecule has 0 aliphatic heterocycles. The highest BCUT2D eigenvalue weighted by atomic mass is 19.2. The molecule has 0 atom stereocenters. The van der Waals surface area contributed by atoms with Crippen LogP contribution in [0.3, 0.4) is 0 Å². The van der Waals surface area contributed by atoms with Gasteiger partial charge < -0.3 is 0 Å². The van der Waals surface area contributed by atoms with Crippen molar-refractivity contribution in [2.24, 2.45) is 5.92 Å². The highest BCUT2D eigenvalue weighted by Crippen LogP contribution is 2.42. The Morgan fingerprint density at radius 2 is 1.36 bits per heavy atom. The largest absolute Gasteiger partial charge is 0.203 e. The SMILES string of the molecule is CCCC1CCC(c2c(F)c(F)c(-c3ccccc3)c(F)c2F)CC1. The van der Waals surface area contributed by atoms with Crippen LogP contribution in [-0.4, -0.2) is 0 Å². The summed E-state index contributed by atoms with van der Waals surface area (Å²) >= 11 is 0. The van der Waals surface area contributed by atoms with Crippen LogP contribution in [-0.2, 0) is 0 Å². The van der Waals surface area contributed by atoms with Gasteiger partial charge in [0.1, 0.15) is 0 Å². The molecule has 0 spiro atoms. The molecule has 3 rings (SSSR count). The van der Waals surface area contributed by atoms with Crippen molar-refractivity contribution in [3.63, 3.8) is 0 Å². The molecule has 1 fully saturated rings. The van der Waals surface area contributed by atoms with Crippen LogP contribution in [0, 0.1) is 29.2 Å². The van der Waals surface area contributed by atoms with Crippen LogP contribution in [0.1, 0.15) is 56.9 Å². The van der Waals surface area contributed by atoms with E-state index in [2.05, 4.69) is 6.92 Å². The minimum Gasteiger partial charge on any atom is -0.203 e. The van der Waals surface area contributed by atoms with Gasteiger partial charge in [0.05, 0.1) is 5.56 Å². The van der Waals surface area contributed by atoms with Gasteiger partial charge in [-0.25, -0.2) is 17.6 Å². The first-order valence-electron chi connectivity index (χ1n) is 8.95. The third-order valence-corrected chi connectivity index (χ3v) is 5.31. The standard InChI is InChI=1S/C21H22F4/c1-2-6-13-9-11-15(12-10-13)17-20(24)18(22)16(19(23)21(17)25)14-7-4-3-5-8-14/h3-5,7-8,13,15H,2,6,9-12H2,1H3. The van der Waals surface area contributed by atoms with Crippen LogP contribution in [0.2, 0.25) is 0 Å². The van der Waals surface area contributed by atoms with Gasteiger partial charge in [0.25, 0.3) is 0 Å². The quantitative estimate of drug-likeness (QED) is 0.412. The van der Waals surface area contributed by atoms with Gasteiger partial charge >= 0.3 is 0 Å². The molecule has 0 bridgehead atoms. The predicted octanol–water partition coefficient (Wildman–Crippen LogP) is 6.98. The second-order valence-corrected chi connectivity index (χ2v) is 6.92. The van der Waals surface area contributed by atoms with Crippen molar-refractivity contribution >= 4 is 0 Å². The van der Waals surface area contributed by atoms with Gasteiger partial charge in [-0.05, 0) is 43.1 Å². The first-order valence-corrected chi connectivity index (χ1v) is 8.95. The van der Waals surface area contributed by atoms with E-state index >= 15 is 0 Å². The lowest BCUT2D eigenvalue weighted by Gasteiger charge is -2.29. The molecular weight excluding hydrogens is 328 g/mol. The first-order chi connectivity index (χ1) is 12.0. The Bertz CT molecular complexity index is 702. The van der Waals surface area contributed by atoms with E-state index in [9.17, 15) is 17.6 Å². The monoisotopic (exact) mass is 350 g/mol. The molecule has 0 N–H and O–H groups in total. The van der Waals surface area contributed by atoms with Crippen LogP contribution in [0.4, 0.5) is 17.6 Å². The van der Waals surface area contributed by atoms with E-state index in [4.69, 9.17) is 0 Å². The van der Waals surface area contributed by atoms with Gasteiger partial charge in [0, 0.05) is 5.56 Å². The van der Waals surface area contributed by atoms with Crippen molar-refractivity contribution in [1.29, 1.82) is 0 Å². The Morgan fingerprint density at radius 3 is 1.88 bits per heavy atom. The average molecular weight is 350 g/mol. The van der Waals surface area contributed by atoms with E-state index in [1.54, 1.807) is 18.2 Å². The molecule has 1 aliphatic carbocycles. The molecule has 1 aliphatic rings. The summed E-state index contributed by atoms with van der Waals surface area (Å²) in [6, 6.07) is 7.71. The second kappa shape index (κ2) is 7.59. The summed E-state index contributed by atoms with van der Waals surface area (Å²) in [6.45, 7) is 2.11. The maximum Gasteiger partial charge on any atom is 0.170 e. The number of rotatable bonds is 4. The molecular formula is C21H22F4. The smallest absolute Gasteiger partial charge is 0.170 e. The fourth-order valence-electron chi connectivity index (χ4n) is 4.01. The molecule has 2 aromatic rings. The molecule has 2 aromatic carbocycles. The first kappa shape index (κ1) is 18.0. The van der Waals surface area contributed by atoms with E-state index in [0.29, 0.717) is 18.8 Å². The van der Waals surface area contributed by atoms with Gasteiger partial charge in [0.2, 0.25) is 0 Å². The highest BCUT2D eigenvalue weighted by Gasteiger charge is 2.32. The van der Waals surface area contributed by atoms with Crippen LogP contribution >= 0.6 is 0 Å². The van der Waals surface area contributed by atoms with Gasteiger partial charge in [-0.3, -0.25) is 0 Å². The predicted molar refractivity (Wildman–Crippen MR) is 91.3 cm³/mol. The molecule has 0 unspecified atom stereocenters. The Kier molecular flexibility index (Phi) is 5.45. The Balaban J connectivity index is 1.97. The molecule has 0 aromatic heterocycles. The molecule has 134 valence electrons. The summed E-state index contributed by atoms with van der Waals surface area (Å²) in [5.74, 6) is -4.98. The van der Waals surface area contributed by atoms with Crippen molar-refractivity contribution in [3.8, 4) is 11.1 Å². The van der Waals surface area contributed by atoms with Gasteiger partial charge in [0.15, 0.2) is 23.3 Å². The van der Waals surface area contributed by atoms with Crippen molar-refractivity contribution in [2.75, 3.05) is 0 Å². The normalized spacial score (nSPS) is 20.7. The average Bonchev–Trinajstić information content (AvgIpc) is 2.63. The van der Waals surface area contributed by atoms with E-state index in [-0.39, 0.29) is 5.56 Å². The maximum absolute atomic E-state index is 14.6. The number of benzene rings is 2. The lowest BCUT2D eigenvalue weighted by Crippen LogP contribution is -2.17. The fourth-order valence-corrected chi connectivity index (χ4v) is 4.01. The topological polar surface area (TPSA) is 0 Å². The molecule has 25 heavy (non-hydrogen) atoms. The molecule has 0 nitrogen and oxygen atoms in total. The van der Waals surface area contributed by atoms with Gasteiger partial charge in [-0.2, -0.15) is 0 Å². The zero-order valence-electron chi connectivity index (χ0n) is 14.3. The molecule has 0 radical (unpaired) electrons.